The third kappa shape index (κ3) is 3.25. The molecule has 0 atom stereocenters. The molecule has 4 rings (SSSR count). The molecule has 2 aromatic rings. The number of carbonyl (C=O) groups excluding carboxylic acids is 1. The van der Waals surface area contributed by atoms with E-state index in [2.05, 4.69) is 30.4 Å². The zero-order valence-electron chi connectivity index (χ0n) is 13.0. The van der Waals surface area contributed by atoms with Gasteiger partial charge in [-0.25, -0.2) is 4.68 Å². The van der Waals surface area contributed by atoms with Crippen molar-refractivity contribution in [3.05, 3.63) is 30.1 Å². The Bertz CT molecular complexity index is 804. The number of nitrogens with zero attached hydrogens (tertiary/aromatic N) is 3. The summed E-state index contributed by atoms with van der Waals surface area (Å²) in [6.45, 7) is 1.79. The Morgan fingerprint density at radius 2 is 2.04 bits per heavy atom. The monoisotopic (exact) mass is 351 g/mol. The summed E-state index contributed by atoms with van der Waals surface area (Å²) >= 11 is 0. The Hall–Kier alpha value is -2.75. The van der Waals surface area contributed by atoms with Gasteiger partial charge in [-0.1, -0.05) is 5.21 Å². The van der Waals surface area contributed by atoms with E-state index in [4.69, 9.17) is 0 Å². The molecule has 25 heavy (non-hydrogen) atoms. The van der Waals surface area contributed by atoms with Crippen molar-refractivity contribution in [2.75, 3.05) is 18.4 Å². The Morgan fingerprint density at radius 3 is 2.84 bits per heavy atom. The molecule has 132 valence electrons. The van der Waals surface area contributed by atoms with Crippen LogP contribution in [0.2, 0.25) is 0 Å². The van der Waals surface area contributed by atoms with Gasteiger partial charge in [0.15, 0.2) is 17.2 Å². The summed E-state index contributed by atoms with van der Waals surface area (Å²) in [7, 11) is 0. The number of anilines is 1. The van der Waals surface area contributed by atoms with Crippen molar-refractivity contribution in [1.29, 1.82) is 0 Å². The van der Waals surface area contributed by atoms with Crippen molar-refractivity contribution < 1.29 is 23.0 Å². The Balaban J connectivity index is 1.45. The predicted octanol–water partition coefficient (Wildman–Crippen LogP) is 1.78. The van der Waals surface area contributed by atoms with Crippen LogP contribution in [0.3, 0.4) is 0 Å². The van der Waals surface area contributed by atoms with Crippen LogP contribution in [0.5, 0.6) is 11.5 Å². The summed E-state index contributed by atoms with van der Waals surface area (Å²) in [6.07, 6.45) is -0.267. The summed E-state index contributed by atoms with van der Waals surface area (Å²) in [5.41, 5.74) is 0.447. The van der Waals surface area contributed by atoms with Crippen LogP contribution in [0, 0.1) is 0 Å². The van der Waals surface area contributed by atoms with Crippen LogP contribution in [0.4, 0.5) is 14.5 Å². The van der Waals surface area contributed by atoms with E-state index in [0.717, 1.165) is 25.9 Å². The lowest BCUT2D eigenvalue weighted by Gasteiger charge is -2.22. The van der Waals surface area contributed by atoms with Crippen LogP contribution in [-0.2, 0) is 0 Å². The molecule has 1 aromatic heterocycles. The molecule has 10 heteroatoms. The second kappa shape index (κ2) is 5.96. The summed E-state index contributed by atoms with van der Waals surface area (Å²) in [6, 6.07) is 4.23. The first kappa shape index (κ1) is 15.8. The molecule has 0 saturated carbocycles. The van der Waals surface area contributed by atoms with Gasteiger partial charge in [0.25, 0.3) is 5.91 Å². The smallest absolute Gasteiger partial charge is 0.395 e. The first-order valence-electron chi connectivity index (χ1n) is 7.84. The van der Waals surface area contributed by atoms with Gasteiger partial charge < -0.3 is 20.1 Å². The number of rotatable bonds is 3. The number of amides is 1. The van der Waals surface area contributed by atoms with Gasteiger partial charge in [0.1, 0.15) is 0 Å². The highest BCUT2D eigenvalue weighted by Gasteiger charge is 2.43. The zero-order valence-corrected chi connectivity index (χ0v) is 13.0. The Morgan fingerprint density at radius 1 is 1.28 bits per heavy atom. The fourth-order valence-corrected chi connectivity index (χ4v) is 2.85. The standard InChI is InChI=1S/C15H15F2N5O3/c16-15(17)24-12-2-1-9(7-13(12)25-15)19-14(23)11-8-22(21-20-11)10-3-5-18-6-4-10/h1-2,7-8,10,18H,3-6H2,(H,19,23). The van der Waals surface area contributed by atoms with Crippen LogP contribution in [-0.4, -0.2) is 40.3 Å². The molecular formula is C15H15F2N5O3. The molecule has 1 fully saturated rings. The average molecular weight is 351 g/mol. The highest BCUT2D eigenvalue weighted by molar-refractivity contribution is 6.02. The van der Waals surface area contributed by atoms with Crippen molar-refractivity contribution in [2.24, 2.45) is 0 Å². The van der Waals surface area contributed by atoms with Crippen LogP contribution in [0.15, 0.2) is 24.4 Å². The maximum absolute atomic E-state index is 13.0. The molecule has 3 heterocycles. The van der Waals surface area contributed by atoms with Crippen molar-refractivity contribution in [3.63, 3.8) is 0 Å². The zero-order chi connectivity index (χ0) is 17.4. The van der Waals surface area contributed by atoms with E-state index in [1.54, 1.807) is 10.9 Å². The predicted molar refractivity (Wildman–Crippen MR) is 81.8 cm³/mol. The molecule has 0 bridgehead atoms. The molecule has 2 aliphatic rings. The lowest BCUT2D eigenvalue weighted by Crippen LogP contribution is -2.29. The highest BCUT2D eigenvalue weighted by Crippen LogP contribution is 2.42. The number of alkyl halides is 2. The van der Waals surface area contributed by atoms with Crippen LogP contribution in [0.1, 0.15) is 29.4 Å². The molecule has 8 nitrogen and oxygen atoms in total. The molecule has 0 aliphatic carbocycles. The van der Waals surface area contributed by atoms with E-state index in [0.29, 0.717) is 5.69 Å². The molecule has 0 radical (unpaired) electrons. The van der Waals surface area contributed by atoms with Crippen LogP contribution < -0.4 is 20.1 Å². The molecule has 1 saturated heterocycles. The average Bonchev–Trinajstić information content (AvgIpc) is 3.18. The lowest BCUT2D eigenvalue weighted by atomic mass is 10.1. The van der Waals surface area contributed by atoms with Crippen molar-refractivity contribution in [2.45, 2.75) is 25.2 Å². The number of benzene rings is 1. The maximum Gasteiger partial charge on any atom is 0.586 e. The first-order valence-corrected chi connectivity index (χ1v) is 7.84. The van der Waals surface area contributed by atoms with Gasteiger partial charge in [0, 0.05) is 11.8 Å². The number of ether oxygens (including phenoxy) is 2. The first-order chi connectivity index (χ1) is 12.0. The third-order valence-electron chi connectivity index (χ3n) is 4.08. The fraction of sp³-hybridized carbons (Fsp3) is 0.400. The number of hydrogen-bond acceptors (Lipinski definition) is 6. The Kier molecular flexibility index (Phi) is 3.75. The summed E-state index contributed by atoms with van der Waals surface area (Å²) in [5, 5.41) is 13.7. The second-order valence-corrected chi connectivity index (χ2v) is 5.85. The Labute approximate surface area is 141 Å². The topological polar surface area (TPSA) is 90.3 Å². The van der Waals surface area contributed by atoms with Gasteiger partial charge in [-0.2, -0.15) is 0 Å². The molecule has 1 amide bonds. The van der Waals surface area contributed by atoms with Gasteiger partial charge in [-0.05, 0) is 38.1 Å². The van der Waals surface area contributed by atoms with E-state index in [1.807, 2.05) is 0 Å². The number of hydrogen-bond donors (Lipinski definition) is 2. The second-order valence-electron chi connectivity index (χ2n) is 5.85. The van der Waals surface area contributed by atoms with Gasteiger partial charge in [0.2, 0.25) is 0 Å². The van der Waals surface area contributed by atoms with Gasteiger partial charge >= 0.3 is 6.29 Å². The summed E-state index contributed by atoms with van der Waals surface area (Å²) in [5.74, 6) is -0.702. The molecule has 2 aliphatic heterocycles. The van der Waals surface area contributed by atoms with Crippen molar-refractivity contribution in [3.8, 4) is 11.5 Å². The van der Waals surface area contributed by atoms with E-state index in [9.17, 15) is 13.6 Å². The van der Waals surface area contributed by atoms with E-state index < -0.39 is 12.2 Å². The number of carbonyl (C=O) groups is 1. The largest absolute Gasteiger partial charge is 0.586 e. The van der Waals surface area contributed by atoms with Gasteiger partial charge in [-0.3, -0.25) is 4.79 Å². The minimum absolute atomic E-state index is 0.0835. The van der Waals surface area contributed by atoms with Crippen LogP contribution >= 0.6 is 0 Å². The van der Waals surface area contributed by atoms with Gasteiger partial charge in [-0.15, -0.1) is 13.9 Å². The van der Waals surface area contributed by atoms with E-state index in [-0.39, 0.29) is 23.2 Å². The molecule has 2 N–H and O–H groups in total. The van der Waals surface area contributed by atoms with Crippen molar-refractivity contribution in [1.82, 2.24) is 20.3 Å². The highest BCUT2D eigenvalue weighted by atomic mass is 19.3. The quantitative estimate of drug-likeness (QED) is 0.876. The maximum atomic E-state index is 13.0. The number of fused-ring (bicyclic) bond motifs is 1. The third-order valence-corrected chi connectivity index (χ3v) is 4.08. The van der Waals surface area contributed by atoms with Crippen molar-refractivity contribution >= 4 is 11.6 Å². The molecule has 0 spiro atoms. The summed E-state index contributed by atoms with van der Waals surface area (Å²) in [4.78, 5) is 12.3. The van der Waals surface area contributed by atoms with E-state index >= 15 is 0 Å². The molecular weight excluding hydrogens is 336 g/mol. The molecule has 1 aromatic carbocycles. The molecule has 0 unspecified atom stereocenters. The minimum Gasteiger partial charge on any atom is -0.395 e. The number of halogens is 2. The SMILES string of the molecule is O=C(Nc1ccc2c(c1)OC(F)(F)O2)c1cn(C2CCNCC2)nn1. The number of nitrogens with one attached hydrogen (secondary N) is 2. The lowest BCUT2D eigenvalue weighted by molar-refractivity contribution is -0.286. The van der Waals surface area contributed by atoms with E-state index in [1.165, 1.54) is 18.2 Å². The van der Waals surface area contributed by atoms with Crippen LogP contribution in [0.25, 0.3) is 0 Å². The number of aromatic nitrogens is 3. The normalized spacial score (nSPS) is 19.0. The number of piperidine rings is 1. The van der Waals surface area contributed by atoms with Gasteiger partial charge in [0.05, 0.1) is 12.2 Å². The fourth-order valence-electron chi connectivity index (χ4n) is 2.85. The minimum atomic E-state index is -3.69. The summed E-state index contributed by atoms with van der Waals surface area (Å²) < 4.78 is 36.4.